The number of rotatable bonds is 4. The molecule has 0 aromatic carbocycles. The molecule has 5 nitrogen and oxygen atoms in total. The summed E-state index contributed by atoms with van der Waals surface area (Å²) in [6, 6.07) is 2.08. The van der Waals surface area contributed by atoms with Crippen molar-refractivity contribution in [3.8, 4) is 5.75 Å². The van der Waals surface area contributed by atoms with Gasteiger partial charge >= 0.3 is 0 Å². The zero-order valence-corrected chi connectivity index (χ0v) is 13.1. The first-order chi connectivity index (χ1) is 10.5. The molecule has 0 atom stereocenters. The molecule has 0 bridgehead atoms. The number of anilines is 1. The van der Waals surface area contributed by atoms with Crippen molar-refractivity contribution >= 4 is 11.7 Å². The van der Waals surface area contributed by atoms with E-state index in [1.165, 1.54) is 0 Å². The molecule has 1 N–H and O–H groups in total. The Labute approximate surface area is 130 Å². The fraction of sp³-hybridized carbons (Fsp3) is 0.647. The van der Waals surface area contributed by atoms with Gasteiger partial charge in [-0.3, -0.25) is 9.69 Å². The molecule has 5 heteroatoms. The third kappa shape index (κ3) is 1.88. The molecule has 4 rings (SSSR count). The van der Waals surface area contributed by atoms with Crippen molar-refractivity contribution in [2.75, 3.05) is 11.5 Å². The molecule has 0 unspecified atom stereocenters. The van der Waals surface area contributed by atoms with E-state index in [1.807, 2.05) is 17.9 Å². The van der Waals surface area contributed by atoms with E-state index in [9.17, 15) is 9.90 Å². The Bertz CT molecular complexity index is 629. The van der Waals surface area contributed by atoms with Crippen LogP contribution >= 0.6 is 0 Å². The number of hydrogen-bond acceptors (Lipinski definition) is 4. The topological polar surface area (TPSA) is 62.7 Å². The van der Waals surface area contributed by atoms with Crippen molar-refractivity contribution in [1.82, 2.24) is 4.98 Å². The van der Waals surface area contributed by atoms with Crippen molar-refractivity contribution in [1.29, 1.82) is 0 Å². The zero-order chi connectivity index (χ0) is 15.5. The molecule has 22 heavy (non-hydrogen) atoms. The van der Waals surface area contributed by atoms with Gasteiger partial charge in [0.15, 0.2) is 0 Å². The van der Waals surface area contributed by atoms with Crippen LogP contribution < -0.4 is 9.64 Å². The highest BCUT2D eigenvalue weighted by molar-refractivity contribution is 6.09. The monoisotopic (exact) mass is 302 g/mol. The highest BCUT2D eigenvalue weighted by Gasteiger charge is 2.62. The van der Waals surface area contributed by atoms with Crippen LogP contribution in [0.15, 0.2) is 12.3 Å². The first-order valence-electron chi connectivity index (χ1n) is 8.16. The van der Waals surface area contributed by atoms with E-state index in [0.29, 0.717) is 19.4 Å². The van der Waals surface area contributed by atoms with Crippen LogP contribution in [0.5, 0.6) is 5.75 Å². The highest BCUT2D eigenvalue weighted by atomic mass is 16.5. The number of nitrogens with zero attached hydrogens (tertiary/aromatic N) is 2. The minimum absolute atomic E-state index is 0.0798. The number of ether oxygens (including phenoxy) is 1. The second-order valence-corrected chi connectivity index (χ2v) is 7.21. The molecule has 1 aromatic rings. The van der Waals surface area contributed by atoms with Gasteiger partial charge in [-0.2, -0.15) is 0 Å². The maximum Gasteiger partial charge on any atom is 0.239 e. The summed E-state index contributed by atoms with van der Waals surface area (Å²) < 4.78 is 5.67. The molecule has 0 radical (unpaired) electrons. The first kappa shape index (κ1) is 14.0. The van der Waals surface area contributed by atoms with Crippen LogP contribution in [0.4, 0.5) is 5.82 Å². The summed E-state index contributed by atoms with van der Waals surface area (Å²) in [4.78, 5) is 19.2. The molecule has 3 aliphatic rings. The lowest BCUT2D eigenvalue weighted by molar-refractivity contribution is -0.122. The van der Waals surface area contributed by atoms with Crippen molar-refractivity contribution in [2.24, 2.45) is 0 Å². The molecule has 1 aromatic heterocycles. The number of hydrogen-bond donors (Lipinski definition) is 1. The number of pyridine rings is 1. The van der Waals surface area contributed by atoms with Crippen molar-refractivity contribution < 1.29 is 14.6 Å². The van der Waals surface area contributed by atoms with Crippen molar-refractivity contribution in [3.63, 3.8) is 0 Å². The minimum atomic E-state index is -0.644. The second-order valence-electron chi connectivity index (χ2n) is 7.21. The maximum absolute atomic E-state index is 12.9. The summed E-state index contributed by atoms with van der Waals surface area (Å²) in [7, 11) is 0. The Kier molecular flexibility index (Phi) is 2.83. The number of amides is 1. The molecule has 1 amide bonds. The van der Waals surface area contributed by atoms with E-state index >= 15 is 0 Å². The van der Waals surface area contributed by atoms with Gasteiger partial charge < -0.3 is 9.84 Å². The number of carbonyl (C=O) groups is 1. The Morgan fingerprint density at radius 2 is 2.18 bits per heavy atom. The lowest BCUT2D eigenvalue weighted by Gasteiger charge is -2.45. The number of fused-ring (bicyclic) bond motifs is 2. The van der Waals surface area contributed by atoms with Gasteiger partial charge in [0.1, 0.15) is 11.6 Å². The highest BCUT2D eigenvalue weighted by Crippen LogP contribution is 2.59. The number of aromatic nitrogens is 1. The third-order valence-electron chi connectivity index (χ3n) is 5.15. The van der Waals surface area contributed by atoms with E-state index in [2.05, 4.69) is 11.9 Å². The van der Waals surface area contributed by atoms with Crippen LogP contribution in [-0.4, -0.2) is 34.2 Å². The smallest absolute Gasteiger partial charge is 0.239 e. The molecule has 2 aliphatic carbocycles. The molecule has 1 spiro atoms. The van der Waals surface area contributed by atoms with Crippen molar-refractivity contribution in [2.45, 2.75) is 63.0 Å². The molecular formula is C17H22N2O3. The summed E-state index contributed by atoms with van der Waals surface area (Å²) in [5.74, 6) is 1.71. The Morgan fingerprint density at radius 1 is 1.45 bits per heavy atom. The summed E-state index contributed by atoms with van der Waals surface area (Å²) >= 11 is 0. The van der Waals surface area contributed by atoms with Crippen LogP contribution in [0.3, 0.4) is 0 Å². The predicted molar refractivity (Wildman–Crippen MR) is 82.1 cm³/mol. The van der Waals surface area contributed by atoms with Crippen LogP contribution in [0.25, 0.3) is 0 Å². The molecule has 2 heterocycles. The standard InChI is InChI=1S/C17H22N2O3/c1-3-6-22-12-7-13-14(18-10-12)19(11-8-16(2,21)9-11)15(20)17(13)4-5-17/h7,10-11,21H,3-6,8-9H2,1-2H3/t11-,16+. The molecule has 2 fully saturated rings. The van der Waals surface area contributed by atoms with Crippen LogP contribution in [-0.2, 0) is 10.2 Å². The zero-order valence-electron chi connectivity index (χ0n) is 13.1. The van der Waals surface area contributed by atoms with Crippen molar-refractivity contribution in [3.05, 3.63) is 17.8 Å². The summed E-state index contributed by atoms with van der Waals surface area (Å²) in [6.07, 6.45) is 5.72. The van der Waals surface area contributed by atoms with Gasteiger partial charge in [-0.15, -0.1) is 0 Å². The Balaban J connectivity index is 1.67. The Hall–Kier alpha value is -1.62. The third-order valence-corrected chi connectivity index (χ3v) is 5.15. The van der Waals surface area contributed by atoms with Crippen LogP contribution in [0, 0.1) is 0 Å². The summed E-state index contributed by atoms with van der Waals surface area (Å²) in [5.41, 5.74) is 0.0295. The van der Waals surface area contributed by atoms with Gasteiger partial charge in [-0.1, -0.05) is 6.92 Å². The molecule has 118 valence electrons. The van der Waals surface area contributed by atoms with Gasteiger partial charge in [0, 0.05) is 11.6 Å². The average Bonchev–Trinajstić information content (AvgIpc) is 3.21. The van der Waals surface area contributed by atoms with Gasteiger partial charge in [0.2, 0.25) is 5.91 Å². The van der Waals surface area contributed by atoms with E-state index < -0.39 is 5.60 Å². The molecule has 1 aliphatic heterocycles. The summed E-state index contributed by atoms with van der Waals surface area (Å²) in [6.45, 7) is 4.56. The summed E-state index contributed by atoms with van der Waals surface area (Å²) in [5, 5.41) is 9.99. The fourth-order valence-electron chi connectivity index (χ4n) is 3.81. The maximum atomic E-state index is 12.9. The Morgan fingerprint density at radius 3 is 2.77 bits per heavy atom. The average molecular weight is 302 g/mol. The molecule has 2 saturated carbocycles. The lowest BCUT2D eigenvalue weighted by atomic mass is 9.76. The molecule has 0 saturated heterocycles. The van der Waals surface area contributed by atoms with E-state index in [1.54, 1.807) is 6.20 Å². The van der Waals surface area contributed by atoms with Crippen LogP contribution in [0.2, 0.25) is 0 Å². The minimum Gasteiger partial charge on any atom is -0.492 e. The molecular weight excluding hydrogens is 280 g/mol. The lowest BCUT2D eigenvalue weighted by Crippen LogP contribution is -2.55. The van der Waals surface area contributed by atoms with E-state index in [-0.39, 0.29) is 17.4 Å². The second kappa shape index (κ2) is 4.44. The fourth-order valence-corrected chi connectivity index (χ4v) is 3.81. The van der Waals surface area contributed by atoms with E-state index in [4.69, 9.17) is 4.74 Å². The van der Waals surface area contributed by atoms with Gasteiger partial charge in [0.25, 0.3) is 0 Å². The van der Waals surface area contributed by atoms with Crippen LogP contribution in [0.1, 0.15) is 51.5 Å². The van der Waals surface area contributed by atoms with Gasteiger partial charge in [-0.05, 0) is 45.1 Å². The van der Waals surface area contributed by atoms with Gasteiger partial charge in [-0.25, -0.2) is 4.98 Å². The van der Waals surface area contributed by atoms with Gasteiger partial charge in [0.05, 0.1) is 23.8 Å². The normalized spacial score (nSPS) is 31.1. The number of aliphatic hydroxyl groups is 1. The van der Waals surface area contributed by atoms with E-state index in [0.717, 1.165) is 36.4 Å². The predicted octanol–water partition coefficient (Wildman–Crippen LogP) is 2.16. The SMILES string of the molecule is CCCOc1cnc2c(c1)C1(CC1)C(=O)N2[C@H]1C[C@@](C)(O)C1. The quantitative estimate of drug-likeness (QED) is 0.926. The largest absolute Gasteiger partial charge is 0.492 e. The first-order valence-corrected chi connectivity index (χ1v) is 8.16. The number of carbonyl (C=O) groups excluding carboxylic acids is 1.